The van der Waals surface area contributed by atoms with Crippen molar-refractivity contribution in [3.05, 3.63) is 78.9 Å². The summed E-state index contributed by atoms with van der Waals surface area (Å²) < 4.78 is 1.56. The summed E-state index contributed by atoms with van der Waals surface area (Å²) in [4.78, 5) is 0. The Morgan fingerprint density at radius 1 is 0.576 bits per heavy atom. The topological polar surface area (TPSA) is 0 Å². The maximum absolute atomic E-state index is 2.69. The summed E-state index contributed by atoms with van der Waals surface area (Å²) >= 11 is -0.696. The Balaban J connectivity index is 0.00000114. The molecule has 0 aromatic heterocycles. The molecule has 0 unspecified atom stereocenters. The average Bonchev–Trinajstić information content (AvgIpc) is 3.26. The van der Waals surface area contributed by atoms with E-state index in [0.29, 0.717) is 0 Å². The van der Waals surface area contributed by atoms with Crippen LogP contribution in [0.1, 0.15) is 102 Å². The third-order valence-electron chi connectivity index (χ3n) is 8.92. The van der Waals surface area contributed by atoms with E-state index < -0.39 is 23.2 Å². The second kappa shape index (κ2) is 9.11. The van der Waals surface area contributed by atoms with Crippen LogP contribution >= 0.6 is 0 Å². The van der Waals surface area contributed by atoms with Crippen LogP contribution in [0.15, 0.2) is 23.3 Å². The molecule has 0 fully saturated rings. The molecule has 7 rings (SSSR count). The predicted molar refractivity (Wildman–Crippen MR) is 126 cm³/mol. The van der Waals surface area contributed by atoms with E-state index in [0.717, 1.165) is 7.25 Å². The Morgan fingerprint density at radius 3 is 1.45 bits per heavy atom. The van der Waals surface area contributed by atoms with E-state index in [9.17, 15) is 0 Å². The van der Waals surface area contributed by atoms with E-state index in [-0.39, 0.29) is 24.8 Å². The second-order valence-corrected chi connectivity index (χ2v) is 14.4. The van der Waals surface area contributed by atoms with Crippen LogP contribution in [0.5, 0.6) is 0 Å². The first-order chi connectivity index (χ1) is 15.2. The normalized spacial score (nSPS) is 23.3. The van der Waals surface area contributed by atoms with Crippen LogP contribution in [0.2, 0.25) is 0 Å². The third-order valence-corrected chi connectivity index (χ3v) is 14.3. The van der Waals surface area contributed by atoms with Gasteiger partial charge in [0.25, 0.3) is 0 Å². The summed E-state index contributed by atoms with van der Waals surface area (Å²) in [6.45, 7) is 4.90. The van der Waals surface area contributed by atoms with Gasteiger partial charge >= 0.3 is 200 Å². The largest absolute Gasteiger partial charge is 1.00 e. The van der Waals surface area contributed by atoms with Crippen LogP contribution in [-0.2, 0) is 61.8 Å². The zero-order valence-corrected chi connectivity index (χ0v) is 23.8. The zero-order valence-electron chi connectivity index (χ0n) is 19.8. The summed E-state index contributed by atoms with van der Waals surface area (Å²) in [6.07, 6.45) is 18.6. The van der Waals surface area contributed by atoms with Crippen molar-refractivity contribution in [2.45, 2.75) is 85.3 Å². The van der Waals surface area contributed by atoms with E-state index >= 15 is 0 Å². The molecule has 1 heterocycles. The molecule has 3 heteroatoms. The molecule has 8 bridgehead atoms. The van der Waals surface area contributed by atoms with Crippen LogP contribution in [0.25, 0.3) is 12.2 Å². The van der Waals surface area contributed by atoms with Crippen molar-refractivity contribution in [1.82, 2.24) is 0 Å². The summed E-state index contributed by atoms with van der Waals surface area (Å²) in [5.41, 5.74) is 20.7. The maximum Gasteiger partial charge on any atom is -1.00 e. The Bertz CT molecular complexity index is 1110. The van der Waals surface area contributed by atoms with Gasteiger partial charge in [0.05, 0.1) is 0 Å². The fourth-order valence-electron chi connectivity index (χ4n) is 7.43. The number of aryl methyl sites for hydroxylation is 2. The molecule has 5 aliphatic rings. The fourth-order valence-corrected chi connectivity index (χ4v) is 12.0. The van der Waals surface area contributed by atoms with Crippen molar-refractivity contribution in [2.75, 3.05) is 0 Å². The van der Waals surface area contributed by atoms with Crippen molar-refractivity contribution in [3.8, 4) is 0 Å². The fraction of sp³-hybridized carbons (Fsp3) is 0.467. The van der Waals surface area contributed by atoms with Gasteiger partial charge in [-0.05, 0) is 0 Å². The monoisotopic (exact) mass is 552 g/mol. The molecule has 170 valence electrons. The van der Waals surface area contributed by atoms with Crippen molar-refractivity contribution in [3.63, 3.8) is 0 Å². The third kappa shape index (κ3) is 3.63. The minimum atomic E-state index is -0.696. The first kappa shape index (κ1) is 24.1. The summed E-state index contributed by atoms with van der Waals surface area (Å²) in [7, 11) is 0. The number of rotatable bonds is 0. The van der Waals surface area contributed by atoms with E-state index in [1.807, 2.05) is 0 Å². The van der Waals surface area contributed by atoms with Gasteiger partial charge in [-0.2, -0.15) is 0 Å². The number of halogens is 2. The van der Waals surface area contributed by atoms with Gasteiger partial charge in [0.2, 0.25) is 0 Å². The Labute approximate surface area is 223 Å². The van der Waals surface area contributed by atoms with Gasteiger partial charge in [0, 0.05) is 0 Å². The molecule has 2 aromatic rings. The predicted octanol–water partition coefficient (Wildman–Crippen LogP) is 1.25. The van der Waals surface area contributed by atoms with Gasteiger partial charge in [0.1, 0.15) is 0 Å². The van der Waals surface area contributed by atoms with E-state index in [2.05, 4.69) is 38.1 Å². The molecule has 0 saturated carbocycles. The van der Waals surface area contributed by atoms with Crippen LogP contribution in [0.4, 0.5) is 0 Å². The first-order valence-corrected chi connectivity index (χ1v) is 15.5. The van der Waals surface area contributed by atoms with Crippen molar-refractivity contribution in [2.24, 2.45) is 0 Å². The van der Waals surface area contributed by atoms with Crippen LogP contribution in [0.3, 0.4) is 0 Å². The molecule has 0 radical (unpaired) electrons. The van der Waals surface area contributed by atoms with Gasteiger partial charge in [-0.25, -0.2) is 0 Å². The number of fused-ring (bicyclic) bond motifs is 4. The molecule has 0 N–H and O–H groups in total. The molecular formula is C30H32Cl2Zr. The summed E-state index contributed by atoms with van der Waals surface area (Å²) in [5, 5.41) is 0. The molecule has 0 amide bonds. The minimum absolute atomic E-state index is 0. The van der Waals surface area contributed by atoms with E-state index in [4.69, 9.17) is 0 Å². The number of hydrogen-bond donors (Lipinski definition) is 0. The van der Waals surface area contributed by atoms with Gasteiger partial charge in [-0.15, -0.1) is 0 Å². The second-order valence-electron chi connectivity index (χ2n) is 10.7. The average molecular weight is 555 g/mol. The molecule has 4 aliphatic carbocycles. The Kier molecular flexibility index (Phi) is 6.65. The number of hydrogen-bond acceptors (Lipinski definition) is 0. The van der Waals surface area contributed by atoms with E-state index in [1.165, 1.54) is 64.2 Å². The van der Waals surface area contributed by atoms with Gasteiger partial charge < -0.3 is 24.8 Å². The van der Waals surface area contributed by atoms with Gasteiger partial charge in [-0.1, -0.05) is 0 Å². The van der Waals surface area contributed by atoms with Crippen LogP contribution in [0, 0.1) is 0 Å². The Morgan fingerprint density at radius 2 is 1.00 bits per heavy atom. The molecule has 1 aliphatic heterocycles. The zero-order chi connectivity index (χ0) is 20.7. The van der Waals surface area contributed by atoms with E-state index in [1.54, 1.807) is 66.8 Å². The van der Waals surface area contributed by atoms with Gasteiger partial charge in [-0.3, -0.25) is 0 Å². The standard InChI is InChI=1S/C30H32.2ClH.Zr/c1-19-13-23-17-21-7-3-5-9-25(21)27(29(23)15-19)11-12-28-26-10-6-4-8-22(26)18-24-14-20(2)16-30(24)28;;;/h13-18H,3-12H2,1-2H3;2*1H;/q;;;+2/p-2. The van der Waals surface area contributed by atoms with Crippen molar-refractivity contribution < 1.29 is 48.0 Å². The molecule has 2 atom stereocenters. The summed E-state index contributed by atoms with van der Waals surface area (Å²) in [5.74, 6) is 0. The summed E-state index contributed by atoms with van der Waals surface area (Å²) in [6, 6.07) is 5.39. The number of benzene rings is 2. The molecule has 0 saturated heterocycles. The first-order valence-electron chi connectivity index (χ1n) is 12.7. The number of allylic oxidation sites excluding steroid dienone is 2. The SMILES string of the molecule is CC1=Cc2c3cc4c(c2CCc2c5c(cc6c2CCCC6)[C@@H]([Zr+2][C@H]13)C(C)=C5)CCCC4.[Cl-].[Cl-]. The smallest absolute Gasteiger partial charge is 1.00 e. The van der Waals surface area contributed by atoms with Crippen molar-refractivity contribution in [1.29, 1.82) is 0 Å². The minimum Gasteiger partial charge on any atom is -1.00 e. The van der Waals surface area contributed by atoms with Crippen LogP contribution < -0.4 is 24.8 Å². The molecule has 0 nitrogen and oxygen atoms in total. The quantitative estimate of drug-likeness (QED) is 0.460. The van der Waals surface area contributed by atoms with Crippen molar-refractivity contribution >= 4 is 12.2 Å². The molecule has 2 aromatic carbocycles. The van der Waals surface area contributed by atoms with Crippen LogP contribution in [-0.4, -0.2) is 0 Å². The Hall–Kier alpha value is -0.617. The van der Waals surface area contributed by atoms with Gasteiger partial charge in [0.15, 0.2) is 0 Å². The molecular weight excluding hydrogens is 522 g/mol. The molecule has 33 heavy (non-hydrogen) atoms. The molecule has 0 spiro atoms. The maximum atomic E-state index is 2.69.